The molecular formula is C23H25N3O3. The van der Waals surface area contributed by atoms with Crippen molar-refractivity contribution < 1.29 is 14.3 Å². The Morgan fingerprint density at radius 3 is 2.83 bits per heavy atom. The topological polar surface area (TPSA) is 76.6 Å². The van der Waals surface area contributed by atoms with Crippen molar-refractivity contribution >= 4 is 12.0 Å². The minimum absolute atomic E-state index is 0.0536. The zero-order chi connectivity index (χ0) is 20.5. The van der Waals surface area contributed by atoms with Gasteiger partial charge in [0.2, 0.25) is 0 Å². The van der Waals surface area contributed by atoms with Crippen LogP contribution in [0.4, 0.5) is 0 Å². The van der Waals surface area contributed by atoms with Crippen molar-refractivity contribution in [1.82, 2.24) is 4.57 Å². The van der Waals surface area contributed by atoms with Gasteiger partial charge >= 0.3 is 0 Å². The molecule has 29 heavy (non-hydrogen) atoms. The van der Waals surface area contributed by atoms with Crippen LogP contribution in [0.25, 0.3) is 6.08 Å². The van der Waals surface area contributed by atoms with Crippen molar-refractivity contribution in [1.29, 1.82) is 5.26 Å². The van der Waals surface area contributed by atoms with Gasteiger partial charge in [-0.15, -0.1) is 0 Å². The molecule has 0 aliphatic heterocycles. The molecule has 150 valence electrons. The summed E-state index contributed by atoms with van der Waals surface area (Å²) in [5.41, 5.74) is 1.48. The average Bonchev–Trinajstić information content (AvgIpc) is 2.77. The molecule has 1 saturated carbocycles. The highest BCUT2D eigenvalue weighted by atomic mass is 16.5. The second-order valence-electron chi connectivity index (χ2n) is 6.88. The zero-order valence-corrected chi connectivity index (χ0v) is 16.6. The number of carbonyl (C=O) groups is 1. The summed E-state index contributed by atoms with van der Waals surface area (Å²) in [6.07, 6.45) is 10.8. The third kappa shape index (κ3) is 5.58. The molecule has 0 atom stereocenters. The van der Waals surface area contributed by atoms with Crippen LogP contribution in [0.5, 0.6) is 11.5 Å². The number of nitrogens with zero attached hydrogens (tertiary/aromatic N) is 3. The summed E-state index contributed by atoms with van der Waals surface area (Å²) in [5.74, 6) is 0.836. The fraction of sp³-hybridized carbons (Fsp3) is 0.348. The average molecular weight is 391 g/mol. The van der Waals surface area contributed by atoms with Gasteiger partial charge in [0.15, 0.2) is 18.1 Å². The molecule has 0 spiro atoms. The number of hydrogen-bond acceptors (Lipinski definition) is 5. The standard InChI is InChI=1S/C23H25N3O3/c1-28-21-17-18(10-12-20(21)29-16-14-24)11-13-23(27)26-15-6-5-9-22(26)25-19-7-3-2-4-8-19/h5-6,9-13,15,17,19H,2-4,7-8,16H2,1H3/b13-11+,25-22?. The van der Waals surface area contributed by atoms with Crippen molar-refractivity contribution in [2.45, 2.75) is 38.1 Å². The maximum atomic E-state index is 12.8. The first kappa shape index (κ1) is 20.4. The first-order valence-corrected chi connectivity index (χ1v) is 9.83. The quantitative estimate of drug-likeness (QED) is 0.698. The Balaban J connectivity index is 1.79. The number of nitriles is 1. The molecule has 2 aromatic rings. The fourth-order valence-corrected chi connectivity index (χ4v) is 3.39. The third-order valence-electron chi connectivity index (χ3n) is 4.86. The zero-order valence-electron chi connectivity index (χ0n) is 16.6. The molecule has 1 aromatic heterocycles. The smallest absolute Gasteiger partial charge is 0.256 e. The van der Waals surface area contributed by atoms with Crippen LogP contribution in [0.3, 0.4) is 0 Å². The van der Waals surface area contributed by atoms with Gasteiger partial charge in [0.1, 0.15) is 11.6 Å². The Hall–Kier alpha value is -3.33. The minimum atomic E-state index is -0.163. The maximum Gasteiger partial charge on any atom is 0.256 e. The molecule has 0 unspecified atom stereocenters. The lowest BCUT2D eigenvalue weighted by molar-refractivity contribution is 0.0964. The molecule has 6 nitrogen and oxygen atoms in total. The summed E-state index contributed by atoms with van der Waals surface area (Å²) in [6, 6.07) is 13.1. The molecule has 1 aliphatic rings. The van der Waals surface area contributed by atoms with E-state index in [0.29, 0.717) is 23.0 Å². The lowest BCUT2D eigenvalue weighted by atomic mass is 9.96. The number of pyridine rings is 1. The molecule has 0 N–H and O–H groups in total. The number of methoxy groups -OCH3 is 1. The summed E-state index contributed by atoms with van der Waals surface area (Å²) in [7, 11) is 1.53. The van der Waals surface area contributed by atoms with E-state index in [1.807, 2.05) is 30.3 Å². The van der Waals surface area contributed by atoms with E-state index >= 15 is 0 Å². The molecule has 0 saturated heterocycles. The van der Waals surface area contributed by atoms with E-state index in [1.165, 1.54) is 32.4 Å². The fourth-order valence-electron chi connectivity index (χ4n) is 3.39. The van der Waals surface area contributed by atoms with E-state index < -0.39 is 0 Å². The number of aromatic nitrogens is 1. The van der Waals surface area contributed by atoms with E-state index in [0.717, 1.165) is 18.4 Å². The van der Waals surface area contributed by atoms with Crippen LogP contribution in [0, 0.1) is 11.3 Å². The number of allylic oxidation sites excluding steroid dienone is 1. The minimum Gasteiger partial charge on any atom is -0.493 e. The lowest BCUT2D eigenvalue weighted by Crippen LogP contribution is -2.27. The second kappa shape index (κ2) is 10.3. The first-order valence-electron chi connectivity index (χ1n) is 9.83. The molecule has 0 amide bonds. The van der Waals surface area contributed by atoms with Crippen LogP contribution < -0.4 is 15.0 Å². The molecule has 0 radical (unpaired) electrons. The highest BCUT2D eigenvalue weighted by Gasteiger charge is 2.12. The molecular weight excluding hydrogens is 366 g/mol. The summed E-state index contributed by atoms with van der Waals surface area (Å²) >= 11 is 0. The Morgan fingerprint density at radius 1 is 1.24 bits per heavy atom. The van der Waals surface area contributed by atoms with E-state index in [4.69, 9.17) is 19.7 Å². The van der Waals surface area contributed by atoms with Gasteiger partial charge in [0, 0.05) is 12.3 Å². The Morgan fingerprint density at radius 2 is 2.07 bits per heavy atom. The van der Waals surface area contributed by atoms with Gasteiger partial charge in [-0.2, -0.15) is 5.26 Å². The second-order valence-corrected chi connectivity index (χ2v) is 6.88. The van der Waals surface area contributed by atoms with Crippen molar-refractivity contribution in [2.75, 3.05) is 13.7 Å². The van der Waals surface area contributed by atoms with Crippen molar-refractivity contribution in [3.63, 3.8) is 0 Å². The number of hydrogen-bond donors (Lipinski definition) is 0. The van der Waals surface area contributed by atoms with Crippen molar-refractivity contribution in [2.24, 2.45) is 4.99 Å². The molecule has 1 heterocycles. The van der Waals surface area contributed by atoms with Crippen LogP contribution in [0.15, 0.2) is 53.7 Å². The number of carbonyl (C=O) groups excluding carboxylic acids is 1. The predicted molar refractivity (Wildman–Crippen MR) is 111 cm³/mol. The molecule has 1 aliphatic carbocycles. The van der Waals surface area contributed by atoms with E-state index in [1.54, 1.807) is 29.0 Å². The van der Waals surface area contributed by atoms with Gasteiger partial charge in [-0.05, 0) is 48.7 Å². The lowest BCUT2D eigenvalue weighted by Gasteiger charge is -2.17. The summed E-state index contributed by atoms with van der Waals surface area (Å²) in [4.78, 5) is 17.6. The summed E-state index contributed by atoms with van der Waals surface area (Å²) in [5, 5.41) is 8.65. The maximum absolute atomic E-state index is 12.8. The Kier molecular flexibility index (Phi) is 7.23. The van der Waals surface area contributed by atoms with Crippen molar-refractivity contribution in [3.05, 3.63) is 59.7 Å². The number of rotatable bonds is 6. The van der Waals surface area contributed by atoms with Gasteiger partial charge in [0.25, 0.3) is 5.91 Å². The normalized spacial score (nSPS) is 15.2. The molecule has 6 heteroatoms. The molecule has 3 rings (SSSR count). The van der Waals surface area contributed by atoms with Crippen LogP contribution in [-0.2, 0) is 0 Å². The first-order chi connectivity index (χ1) is 14.2. The van der Waals surface area contributed by atoms with Gasteiger partial charge in [0.05, 0.1) is 13.2 Å². The van der Waals surface area contributed by atoms with Gasteiger partial charge < -0.3 is 9.47 Å². The predicted octanol–water partition coefficient (Wildman–Crippen LogP) is 3.99. The SMILES string of the molecule is COc1cc(/C=C/C(=O)n2ccccc2=NC2CCCCC2)ccc1OCC#N. The van der Waals surface area contributed by atoms with E-state index in [9.17, 15) is 4.79 Å². The van der Waals surface area contributed by atoms with Crippen LogP contribution in [0.2, 0.25) is 0 Å². The highest BCUT2D eigenvalue weighted by molar-refractivity contribution is 5.93. The van der Waals surface area contributed by atoms with E-state index in [-0.39, 0.29) is 12.5 Å². The van der Waals surface area contributed by atoms with Crippen LogP contribution in [-0.4, -0.2) is 30.2 Å². The van der Waals surface area contributed by atoms with Crippen LogP contribution >= 0.6 is 0 Å². The Bertz CT molecular complexity index is 979. The third-order valence-corrected chi connectivity index (χ3v) is 4.86. The molecule has 0 bridgehead atoms. The molecule has 1 fully saturated rings. The van der Waals surface area contributed by atoms with Gasteiger partial charge in [-0.1, -0.05) is 31.4 Å². The number of benzene rings is 1. The number of ether oxygens (including phenoxy) is 2. The van der Waals surface area contributed by atoms with Crippen molar-refractivity contribution in [3.8, 4) is 17.6 Å². The van der Waals surface area contributed by atoms with Gasteiger partial charge in [-0.3, -0.25) is 14.4 Å². The largest absolute Gasteiger partial charge is 0.493 e. The van der Waals surface area contributed by atoms with Crippen LogP contribution in [0.1, 0.15) is 42.5 Å². The molecule has 1 aromatic carbocycles. The summed E-state index contributed by atoms with van der Waals surface area (Å²) < 4.78 is 12.2. The highest BCUT2D eigenvalue weighted by Crippen LogP contribution is 2.28. The summed E-state index contributed by atoms with van der Waals surface area (Å²) in [6.45, 7) is -0.0536. The monoisotopic (exact) mass is 391 g/mol. The van der Waals surface area contributed by atoms with Gasteiger partial charge in [-0.25, -0.2) is 0 Å². The Labute approximate surface area is 170 Å². The van der Waals surface area contributed by atoms with E-state index in [2.05, 4.69) is 0 Å².